The largest absolute Gasteiger partial charge is 0.310 e. The molecule has 4 nitrogen and oxygen atoms in total. The Balaban J connectivity index is 2.99. The molecule has 1 aromatic rings. The van der Waals surface area contributed by atoms with Crippen LogP contribution >= 0.6 is 0 Å². The highest BCUT2D eigenvalue weighted by atomic mass is 32.2. The maximum absolute atomic E-state index is 12.4. The van der Waals surface area contributed by atoms with Crippen molar-refractivity contribution in [2.45, 2.75) is 64.4 Å². The van der Waals surface area contributed by atoms with Gasteiger partial charge in [0, 0.05) is 19.1 Å². The van der Waals surface area contributed by atoms with Crippen LogP contribution in [0.4, 0.5) is 0 Å². The van der Waals surface area contributed by atoms with Crippen molar-refractivity contribution in [2.75, 3.05) is 6.54 Å². The second-order valence-corrected chi connectivity index (χ2v) is 7.32. The Bertz CT molecular complexity index is 539. The molecule has 0 saturated heterocycles. The zero-order chi connectivity index (χ0) is 15.9. The molecule has 0 aliphatic rings. The monoisotopic (exact) mass is 312 g/mol. The lowest BCUT2D eigenvalue weighted by Crippen LogP contribution is -2.26. The summed E-state index contributed by atoms with van der Waals surface area (Å²) in [5.74, 6) is 0. The van der Waals surface area contributed by atoms with Crippen molar-refractivity contribution in [3.8, 4) is 0 Å². The molecule has 0 aliphatic heterocycles. The molecule has 0 aliphatic carbocycles. The lowest BCUT2D eigenvalue weighted by atomic mass is 10.1. The van der Waals surface area contributed by atoms with E-state index in [1.807, 2.05) is 26.0 Å². The molecule has 0 amide bonds. The predicted molar refractivity (Wildman–Crippen MR) is 87.9 cm³/mol. The SMILES string of the molecule is CCCCNS(=O)(=O)c1cc(CNC(C)C)ccc1CC. The van der Waals surface area contributed by atoms with E-state index in [1.54, 1.807) is 6.07 Å². The van der Waals surface area contributed by atoms with E-state index in [0.29, 0.717) is 30.4 Å². The van der Waals surface area contributed by atoms with Gasteiger partial charge in [-0.15, -0.1) is 0 Å². The highest BCUT2D eigenvalue weighted by Gasteiger charge is 2.17. The van der Waals surface area contributed by atoms with Crippen molar-refractivity contribution < 1.29 is 8.42 Å². The average Bonchev–Trinajstić information content (AvgIpc) is 2.45. The molecule has 0 heterocycles. The number of unbranched alkanes of at least 4 members (excludes halogenated alkanes) is 1. The summed E-state index contributed by atoms with van der Waals surface area (Å²) in [4.78, 5) is 0.421. The van der Waals surface area contributed by atoms with Crippen molar-refractivity contribution >= 4 is 10.0 Å². The quantitative estimate of drug-likeness (QED) is 0.689. The Kier molecular flexibility index (Phi) is 7.35. The molecule has 0 fully saturated rings. The van der Waals surface area contributed by atoms with Gasteiger partial charge in [-0.1, -0.05) is 46.2 Å². The minimum atomic E-state index is -3.41. The van der Waals surface area contributed by atoms with Crippen LogP contribution in [0.25, 0.3) is 0 Å². The second-order valence-electron chi connectivity index (χ2n) is 5.58. The van der Waals surface area contributed by atoms with Crippen LogP contribution in [0.15, 0.2) is 23.1 Å². The van der Waals surface area contributed by atoms with Crippen LogP contribution in [-0.4, -0.2) is 21.0 Å². The summed E-state index contributed by atoms with van der Waals surface area (Å²) in [7, 11) is -3.41. The minimum absolute atomic E-state index is 0.374. The first kappa shape index (κ1) is 18.1. The summed E-state index contributed by atoms with van der Waals surface area (Å²) in [5.41, 5.74) is 1.86. The van der Waals surface area contributed by atoms with E-state index in [9.17, 15) is 8.42 Å². The van der Waals surface area contributed by atoms with Gasteiger partial charge in [-0.25, -0.2) is 13.1 Å². The fourth-order valence-corrected chi connectivity index (χ4v) is 3.47. The fraction of sp³-hybridized carbons (Fsp3) is 0.625. The fourth-order valence-electron chi connectivity index (χ4n) is 2.03. The Morgan fingerprint density at radius 1 is 1.19 bits per heavy atom. The number of benzene rings is 1. The number of aryl methyl sites for hydroxylation is 1. The Labute approximate surface area is 129 Å². The molecule has 0 unspecified atom stereocenters. The first-order chi connectivity index (χ1) is 9.90. The van der Waals surface area contributed by atoms with Crippen LogP contribution in [0.1, 0.15) is 51.7 Å². The van der Waals surface area contributed by atoms with Gasteiger partial charge in [0.1, 0.15) is 0 Å². The Morgan fingerprint density at radius 3 is 2.48 bits per heavy atom. The van der Waals surface area contributed by atoms with Gasteiger partial charge in [0.05, 0.1) is 4.90 Å². The Morgan fingerprint density at radius 2 is 1.90 bits per heavy atom. The van der Waals surface area contributed by atoms with Gasteiger partial charge < -0.3 is 5.32 Å². The van der Waals surface area contributed by atoms with E-state index in [1.165, 1.54) is 0 Å². The highest BCUT2D eigenvalue weighted by Crippen LogP contribution is 2.18. The number of hydrogen-bond donors (Lipinski definition) is 2. The molecule has 21 heavy (non-hydrogen) atoms. The van der Waals surface area contributed by atoms with Crippen molar-refractivity contribution in [2.24, 2.45) is 0 Å². The van der Waals surface area contributed by atoms with Crippen molar-refractivity contribution in [3.05, 3.63) is 29.3 Å². The minimum Gasteiger partial charge on any atom is -0.310 e. The maximum Gasteiger partial charge on any atom is 0.240 e. The van der Waals surface area contributed by atoms with Gasteiger partial charge in [-0.05, 0) is 30.0 Å². The van der Waals surface area contributed by atoms with Crippen LogP contribution in [0.5, 0.6) is 0 Å². The van der Waals surface area contributed by atoms with Crippen LogP contribution in [0.3, 0.4) is 0 Å². The van der Waals surface area contributed by atoms with Crippen molar-refractivity contribution in [1.29, 1.82) is 0 Å². The van der Waals surface area contributed by atoms with Crippen LogP contribution in [0.2, 0.25) is 0 Å². The van der Waals surface area contributed by atoms with Gasteiger partial charge >= 0.3 is 0 Å². The zero-order valence-electron chi connectivity index (χ0n) is 13.6. The van der Waals surface area contributed by atoms with E-state index >= 15 is 0 Å². The molecule has 0 atom stereocenters. The molecule has 5 heteroatoms. The summed E-state index contributed by atoms with van der Waals surface area (Å²) in [5, 5.41) is 3.31. The lowest BCUT2D eigenvalue weighted by molar-refractivity contribution is 0.575. The molecular formula is C16H28N2O2S. The summed E-state index contributed by atoms with van der Waals surface area (Å²) in [6, 6.07) is 6.09. The first-order valence-corrected chi connectivity index (χ1v) is 9.23. The summed E-state index contributed by atoms with van der Waals surface area (Å²) < 4.78 is 27.6. The highest BCUT2D eigenvalue weighted by molar-refractivity contribution is 7.89. The summed E-state index contributed by atoms with van der Waals surface area (Å²) in [6.07, 6.45) is 2.54. The van der Waals surface area contributed by atoms with Gasteiger partial charge in [0.2, 0.25) is 10.0 Å². The molecular weight excluding hydrogens is 284 g/mol. The molecule has 0 bridgehead atoms. The maximum atomic E-state index is 12.4. The van der Waals surface area contributed by atoms with Crippen molar-refractivity contribution in [1.82, 2.24) is 10.0 Å². The third kappa shape index (κ3) is 5.77. The van der Waals surface area contributed by atoms with Gasteiger partial charge in [0.25, 0.3) is 0 Å². The molecule has 0 radical (unpaired) electrons. The molecule has 0 spiro atoms. The number of nitrogens with one attached hydrogen (secondary N) is 2. The molecule has 2 N–H and O–H groups in total. The number of sulfonamides is 1. The smallest absolute Gasteiger partial charge is 0.240 e. The molecule has 120 valence electrons. The van der Waals surface area contributed by atoms with Crippen LogP contribution in [0, 0.1) is 0 Å². The summed E-state index contributed by atoms with van der Waals surface area (Å²) in [6.45, 7) is 9.35. The van der Waals surface area contributed by atoms with Gasteiger partial charge in [0.15, 0.2) is 0 Å². The van der Waals surface area contributed by atoms with E-state index in [4.69, 9.17) is 0 Å². The molecule has 0 aromatic heterocycles. The number of rotatable bonds is 9. The zero-order valence-corrected chi connectivity index (χ0v) is 14.4. The van der Waals surface area contributed by atoms with Crippen LogP contribution < -0.4 is 10.0 Å². The Hall–Kier alpha value is -0.910. The van der Waals surface area contributed by atoms with Crippen LogP contribution in [-0.2, 0) is 23.0 Å². The van der Waals surface area contributed by atoms with Crippen molar-refractivity contribution in [3.63, 3.8) is 0 Å². The first-order valence-electron chi connectivity index (χ1n) is 7.75. The average molecular weight is 312 g/mol. The molecule has 0 saturated carbocycles. The normalized spacial score (nSPS) is 12.0. The van der Waals surface area contributed by atoms with Gasteiger partial charge in [-0.3, -0.25) is 0 Å². The van der Waals surface area contributed by atoms with Gasteiger partial charge in [-0.2, -0.15) is 0 Å². The predicted octanol–water partition coefficient (Wildman–Crippen LogP) is 2.83. The summed E-state index contributed by atoms with van der Waals surface area (Å²) >= 11 is 0. The standard InChI is InChI=1S/C16H28N2O2S/c1-5-7-10-18-21(19,20)16-11-14(12-17-13(3)4)8-9-15(16)6-2/h8-9,11,13,17-18H,5-7,10,12H2,1-4H3. The topological polar surface area (TPSA) is 58.2 Å². The second kappa shape index (κ2) is 8.51. The molecule has 1 aromatic carbocycles. The van der Waals surface area contributed by atoms with E-state index in [-0.39, 0.29) is 0 Å². The third-order valence-corrected chi connectivity index (χ3v) is 4.88. The van der Waals surface area contributed by atoms with E-state index in [0.717, 1.165) is 24.0 Å². The number of hydrogen-bond acceptors (Lipinski definition) is 3. The third-order valence-electron chi connectivity index (χ3n) is 3.34. The lowest BCUT2D eigenvalue weighted by Gasteiger charge is -2.14. The van der Waals surface area contributed by atoms with E-state index in [2.05, 4.69) is 23.9 Å². The van der Waals surface area contributed by atoms with E-state index < -0.39 is 10.0 Å². The molecule has 1 rings (SSSR count).